The highest BCUT2D eigenvalue weighted by Crippen LogP contribution is 2.44. The molecule has 2 heterocycles. The van der Waals surface area contributed by atoms with Crippen molar-refractivity contribution in [1.82, 2.24) is 4.57 Å². The van der Waals surface area contributed by atoms with Gasteiger partial charge in [0.15, 0.2) is 11.6 Å². The van der Waals surface area contributed by atoms with E-state index in [9.17, 15) is 14.7 Å². The molecule has 4 rings (SSSR count). The first-order valence-electron chi connectivity index (χ1n) is 10.1. The quantitative estimate of drug-likeness (QED) is 0.770. The fourth-order valence-corrected chi connectivity index (χ4v) is 4.23. The van der Waals surface area contributed by atoms with Gasteiger partial charge in [-0.3, -0.25) is 4.79 Å². The molecule has 2 aliphatic rings. The molecule has 2 unspecified atom stereocenters. The Labute approximate surface area is 167 Å². The summed E-state index contributed by atoms with van der Waals surface area (Å²) in [7, 11) is 0. The molecule has 1 aliphatic heterocycles. The molecule has 0 spiro atoms. The highest BCUT2D eigenvalue weighted by atomic mass is 19.1. The predicted molar refractivity (Wildman–Crippen MR) is 109 cm³/mol. The minimum atomic E-state index is -1.31. The van der Waals surface area contributed by atoms with Crippen molar-refractivity contribution in [3.05, 3.63) is 33.9 Å². The van der Waals surface area contributed by atoms with Crippen molar-refractivity contribution in [2.45, 2.75) is 45.2 Å². The van der Waals surface area contributed by atoms with E-state index in [0.717, 1.165) is 19.3 Å². The average molecular weight is 403 g/mol. The highest BCUT2D eigenvalue weighted by Gasteiger charge is 2.34. The zero-order chi connectivity index (χ0) is 20.9. The molecule has 0 amide bonds. The molecule has 156 valence electrons. The smallest absolute Gasteiger partial charge is 0.341 e. The maximum atomic E-state index is 15.3. The molecule has 1 aliphatic carbocycles. The van der Waals surface area contributed by atoms with Gasteiger partial charge in [0, 0.05) is 31.4 Å². The lowest BCUT2D eigenvalue weighted by atomic mass is 10.0. The van der Waals surface area contributed by atoms with Crippen molar-refractivity contribution in [1.29, 1.82) is 0 Å². The van der Waals surface area contributed by atoms with Gasteiger partial charge in [0.25, 0.3) is 0 Å². The van der Waals surface area contributed by atoms with Gasteiger partial charge in [-0.1, -0.05) is 0 Å². The molecule has 1 saturated heterocycles. The summed E-state index contributed by atoms with van der Waals surface area (Å²) in [5.41, 5.74) is 5.82. The van der Waals surface area contributed by atoms with E-state index in [1.807, 2.05) is 11.8 Å². The van der Waals surface area contributed by atoms with E-state index < -0.39 is 17.2 Å². The molecular weight excluding hydrogens is 377 g/mol. The fourth-order valence-electron chi connectivity index (χ4n) is 4.23. The largest absolute Gasteiger partial charge is 0.489 e. The number of benzene rings is 1. The van der Waals surface area contributed by atoms with E-state index in [1.54, 1.807) is 11.5 Å². The Morgan fingerprint density at radius 2 is 2.14 bits per heavy atom. The Morgan fingerprint density at radius 1 is 1.41 bits per heavy atom. The van der Waals surface area contributed by atoms with E-state index in [4.69, 9.17) is 10.5 Å². The van der Waals surface area contributed by atoms with Crippen LogP contribution in [0.15, 0.2) is 17.1 Å². The summed E-state index contributed by atoms with van der Waals surface area (Å²) in [6.45, 7) is 5.32. The maximum absolute atomic E-state index is 15.3. The number of ether oxygens (including phenoxy) is 1. The topological polar surface area (TPSA) is 97.8 Å². The van der Waals surface area contributed by atoms with Gasteiger partial charge < -0.3 is 25.0 Å². The standard InChI is InChI=1S/C21H26FN3O4/c1-3-29-20-17-14(19(26)15(21(27)28)10-25(17)13-4-5-13)8-16(22)18(20)24-7-6-12(9-24)11(2)23/h8,10-13H,3-7,9,23H2,1-2H3,(H,27,28). The Kier molecular flexibility index (Phi) is 4.98. The molecule has 0 radical (unpaired) electrons. The van der Waals surface area contributed by atoms with Crippen molar-refractivity contribution >= 4 is 22.6 Å². The third kappa shape index (κ3) is 3.35. The number of carboxylic acids is 1. The number of hydrogen-bond donors (Lipinski definition) is 2. The Bertz CT molecular complexity index is 1030. The average Bonchev–Trinajstić information content (AvgIpc) is 3.39. The number of fused-ring (bicyclic) bond motifs is 1. The number of carbonyl (C=O) groups is 1. The van der Waals surface area contributed by atoms with Gasteiger partial charge in [0.1, 0.15) is 11.3 Å². The van der Waals surface area contributed by atoms with Gasteiger partial charge >= 0.3 is 5.97 Å². The van der Waals surface area contributed by atoms with Crippen molar-refractivity contribution < 1.29 is 19.0 Å². The normalized spacial score (nSPS) is 20.3. The molecule has 2 atom stereocenters. The molecule has 1 saturated carbocycles. The van der Waals surface area contributed by atoms with Crippen LogP contribution in [0.3, 0.4) is 0 Å². The first-order chi connectivity index (χ1) is 13.8. The molecule has 3 N–H and O–H groups in total. The molecule has 0 bridgehead atoms. The van der Waals surface area contributed by atoms with Crippen LogP contribution in [-0.2, 0) is 0 Å². The van der Waals surface area contributed by atoms with E-state index in [0.29, 0.717) is 36.6 Å². The van der Waals surface area contributed by atoms with Gasteiger partial charge in [0.2, 0.25) is 5.43 Å². The van der Waals surface area contributed by atoms with Crippen molar-refractivity contribution in [2.24, 2.45) is 11.7 Å². The second-order valence-corrected chi connectivity index (χ2v) is 8.03. The van der Waals surface area contributed by atoms with Crippen LogP contribution < -0.4 is 20.8 Å². The molecule has 8 heteroatoms. The summed E-state index contributed by atoms with van der Waals surface area (Å²) in [6, 6.07) is 1.26. The lowest BCUT2D eigenvalue weighted by molar-refractivity contribution is 0.0694. The minimum absolute atomic E-state index is 0.00169. The zero-order valence-corrected chi connectivity index (χ0v) is 16.7. The SMILES string of the molecule is CCOc1c(N2CCC(C(C)N)C2)c(F)cc2c(=O)c(C(=O)O)cn(C3CC3)c12. The van der Waals surface area contributed by atoms with Crippen molar-refractivity contribution in [3.8, 4) is 5.75 Å². The monoisotopic (exact) mass is 403 g/mol. The Morgan fingerprint density at radius 3 is 2.69 bits per heavy atom. The summed E-state index contributed by atoms with van der Waals surface area (Å²) < 4.78 is 23.0. The van der Waals surface area contributed by atoms with Crippen molar-refractivity contribution in [3.63, 3.8) is 0 Å². The van der Waals surface area contributed by atoms with E-state index in [1.165, 1.54) is 12.3 Å². The van der Waals surface area contributed by atoms with Crippen molar-refractivity contribution in [2.75, 3.05) is 24.6 Å². The number of aromatic nitrogens is 1. The molecule has 1 aromatic carbocycles. The summed E-state index contributed by atoms with van der Waals surface area (Å²) in [5.74, 6) is -1.32. The number of nitrogens with zero attached hydrogens (tertiary/aromatic N) is 2. The van der Waals surface area contributed by atoms with Crippen LogP contribution in [0.1, 0.15) is 49.5 Å². The molecule has 29 heavy (non-hydrogen) atoms. The molecule has 7 nitrogen and oxygen atoms in total. The van der Waals surface area contributed by atoms with E-state index >= 15 is 4.39 Å². The number of rotatable bonds is 6. The second-order valence-electron chi connectivity index (χ2n) is 8.03. The Hall–Kier alpha value is -2.61. The zero-order valence-electron chi connectivity index (χ0n) is 16.7. The molecule has 1 aromatic heterocycles. The van der Waals surface area contributed by atoms with Gasteiger partial charge in [-0.25, -0.2) is 9.18 Å². The van der Waals surface area contributed by atoms with Crippen LogP contribution in [0, 0.1) is 11.7 Å². The number of aromatic carboxylic acids is 1. The summed E-state index contributed by atoms with van der Waals surface area (Å²) >= 11 is 0. The van der Waals surface area contributed by atoms with Crippen LogP contribution in [0.2, 0.25) is 0 Å². The summed E-state index contributed by atoms with van der Waals surface area (Å²) in [6.07, 6.45) is 4.00. The van der Waals surface area contributed by atoms with Crippen LogP contribution in [0.4, 0.5) is 10.1 Å². The van der Waals surface area contributed by atoms with Gasteiger partial charge in [-0.2, -0.15) is 0 Å². The van der Waals surface area contributed by atoms with Gasteiger partial charge in [0.05, 0.1) is 17.5 Å². The first kappa shape index (κ1) is 19.7. The fraction of sp³-hybridized carbons (Fsp3) is 0.524. The maximum Gasteiger partial charge on any atom is 0.341 e. The number of hydrogen-bond acceptors (Lipinski definition) is 5. The first-order valence-corrected chi connectivity index (χ1v) is 10.1. The third-order valence-corrected chi connectivity index (χ3v) is 5.94. The van der Waals surface area contributed by atoms with Crippen LogP contribution in [0.5, 0.6) is 5.75 Å². The third-order valence-electron chi connectivity index (χ3n) is 5.94. The summed E-state index contributed by atoms with van der Waals surface area (Å²) in [4.78, 5) is 26.3. The molecule has 2 aromatic rings. The van der Waals surface area contributed by atoms with Gasteiger partial charge in [-0.05, 0) is 45.1 Å². The summed E-state index contributed by atoms with van der Waals surface area (Å²) in [5, 5.41) is 9.49. The number of halogens is 1. The minimum Gasteiger partial charge on any atom is -0.489 e. The lowest BCUT2D eigenvalue weighted by Gasteiger charge is -2.25. The Balaban J connectivity index is 1.98. The number of pyridine rings is 1. The van der Waals surface area contributed by atoms with Crippen LogP contribution >= 0.6 is 0 Å². The second kappa shape index (κ2) is 7.33. The molecular formula is C21H26FN3O4. The van der Waals surface area contributed by atoms with Gasteiger partial charge in [-0.15, -0.1) is 0 Å². The number of anilines is 1. The number of carboxylic acid groups (broad SMARTS) is 1. The van der Waals surface area contributed by atoms with Crippen LogP contribution in [-0.4, -0.2) is 41.4 Å². The predicted octanol–water partition coefficient (Wildman–Crippen LogP) is 2.75. The number of nitrogens with two attached hydrogens (primary N) is 1. The van der Waals surface area contributed by atoms with E-state index in [-0.39, 0.29) is 29.0 Å². The molecule has 2 fully saturated rings. The highest BCUT2D eigenvalue weighted by molar-refractivity contribution is 5.97. The van der Waals surface area contributed by atoms with Crippen LogP contribution in [0.25, 0.3) is 10.9 Å². The van der Waals surface area contributed by atoms with E-state index in [2.05, 4.69) is 0 Å². The lowest BCUT2D eigenvalue weighted by Crippen LogP contribution is -2.30.